The van der Waals surface area contributed by atoms with E-state index in [1.165, 1.54) is 35.4 Å². The second-order valence-electron chi connectivity index (χ2n) is 9.94. The number of benzene rings is 1. The molecule has 3 aromatic heterocycles. The number of nitrogens with zero attached hydrogens (tertiary/aromatic N) is 7. The maximum Gasteiger partial charge on any atom is 0.414 e. The van der Waals surface area contributed by atoms with E-state index < -0.39 is 42.1 Å². The fourth-order valence-corrected chi connectivity index (χ4v) is 5.64. The summed E-state index contributed by atoms with van der Waals surface area (Å²) >= 11 is 6.07. The number of tetrazole rings is 1. The van der Waals surface area contributed by atoms with E-state index in [2.05, 4.69) is 30.5 Å². The highest BCUT2D eigenvalue weighted by molar-refractivity contribution is 6.31. The van der Waals surface area contributed by atoms with Crippen LogP contribution in [0.2, 0.25) is 5.02 Å². The van der Waals surface area contributed by atoms with Crippen LogP contribution in [-0.2, 0) is 11.2 Å². The van der Waals surface area contributed by atoms with Gasteiger partial charge in [0.25, 0.3) is 0 Å². The van der Waals surface area contributed by atoms with Crippen molar-refractivity contribution in [2.75, 3.05) is 0 Å². The zero-order valence-electron chi connectivity index (χ0n) is 21.4. The minimum Gasteiger partial charge on any atom is -0.383 e. The van der Waals surface area contributed by atoms with Crippen molar-refractivity contribution in [2.45, 2.75) is 50.0 Å². The first-order valence-corrected chi connectivity index (χ1v) is 13.1. The van der Waals surface area contributed by atoms with Crippen LogP contribution in [0.25, 0.3) is 22.5 Å². The average Bonchev–Trinajstić information content (AvgIpc) is 3.72. The maximum atomic E-state index is 15.3. The molecule has 3 atom stereocenters. The Hall–Kier alpha value is -4.24. The smallest absolute Gasteiger partial charge is 0.383 e. The third-order valence-electron chi connectivity index (χ3n) is 7.43. The van der Waals surface area contributed by atoms with Gasteiger partial charge in [0.1, 0.15) is 12.2 Å². The van der Waals surface area contributed by atoms with Crippen molar-refractivity contribution < 1.29 is 31.9 Å². The highest BCUT2D eigenvalue weighted by Gasteiger charge is 2.42. The fourth-order valence-electron chi connectivity index (χ4n) is 5.48. The van der Waals surface area contributed by atoms with Crippen molar-refractivity contribution in [3.63, 3.8) is 0 Å². The third kappa shape index (κ3) is 4.91. The van der Waals surface area contributed by atoms with Crippen molar-refractivity contribution in [1.29, 1.82) is 0 Å². The van der Waals surface area contributed by atoms with Crippen molar-refractivity contribution in [2.24, 2.45) is 0 Å². The molecular weight excluding hydrogens is 587 g/mol. The molecule has 2 aliphatic rings. The number of carbonyl (C=O) groups is 1. The van der Waals surface area contributed by atoms with Gasteiger partial charge in [-0.15, -0.1) is 5.10 Å². The van der Waals surface area contributed by atoms with Crippen LogP contribution in [-0.4, -0.2) is 69.4 Å². The highest BCUT2D eigenvalue weighted by atomic mass is 35.5. The predicted molar refractivity (Wildman–Crippen MR) is 137 cm³/mol. The van der Waals surface area contributed by atoms with Crippen molar-refractivity contribution >= 4 is 23.1 Å². The van der Waals surface area contributed by atoms with E-state index in [-0.39, 0.29) is 33.8 Å². The van der Waals surface area contributed by atoms with Crippen LogP contribution in [0.3, 0.4) is 0 Å². The molecule has 1 fully saturated rings. The largest absolute Gasteiger partial charge is 0.414 e. The lowest BCUT2D eigenvalue weighted by Crippen LogP contribution is -2.39. The molecule has 1 amide bonds. The summed E-state index contributed by atoms with van der Waals surface area (Å²) in [5.74, 6) is -1.76. The number of rotatable bonds is 6. The van der Waals surface area contributed by atoms with E-state index in [1.807, 2.05) is 0 Å². The van der Waals surface area contributed by atoms with Gasteiger partial charge in [-0.3, -0.25) is 9.78 Å². The molecule has 1 unspecified atom stereocenters. The number of hydrogen-bond donors (Lipinski definition) is 2. The Morgan fingerprint density at radius 1 is 1.14 bits per heavy atom. The van der Waals surface area contributed by atoms with Crippen LogP contribution in [0.1, 0.15) is 42.4 Å². The summed E-state index contributed by atoms with van der Waals surface area (Å²) in [6, 6.07) is 3.40. The van der Waals surface area contributed by atoms with Crippen molar-refractivity contribution in [1.82, 2.24) is 40.1 Å². The highest BCUT2D eigenvalue weighted by Crippen LogP contribution is 2.44. The van der Waals surface area contributed by atoms with Gasteiger partial charge in [-0.2, -0.15) is 17.9 Å². The normalized spacial score (nSPS) is 19.6. The minimum absolute atomic E-state index is 0.0820. The molecule has 0 aliphatic carbocycles. The van der Waals surface area contributed by atoms with Gasteiger partial charge in [-0.25, -0.2) is 13.8 Å². The van der Waals surface area contributed by atoms with Crippen LogP contribution in [0.5, 0.6) is 0 Å². The molecule has 218 valence electrons. The van der Waals surface area contributed by atoms with Crippen LogP contribution in [0.15, 0.2) is 43.0 Å². The summed E-state index contributed by atoms with van der Waals surface area (Å²) in [4.78, 5) is 26.0. The van der Waals surface area contributed by atoms with E-state index in [4.69, 9.17) is 11.6 Å². The first-order chi connectivity index (χ1) is 20.0. The Labute approximate surface area is 238 Å². The molecule has 6 rings (SSSR count). The third-order valence-corrected chi connectivity index (χ3v) is 7.72. The monoisotopic (exact) mass is 606 g/mol. The summed E-state index contributed by atoms with van der Waals surface area (Å²) in [7, 11) is 0. The zero-order chi connectivity index (χ0) is 29.8. The molecule has 42 heavy (non-hydrogen) atoms. The second kappa shape index (κ2) is 10.5. The van der Waals surface area contributed by atoms with Gasteiger partial charge < -0.3 is 15.0 Å². The summed E-state index contributed by atoms with van der Waals surface area (Å²) in [6.07, 6.45) is -2.26. The summed E-state index contributed by atoms with van der Waals surface area (Å²) in [5.41, 5.74) is 0.407. The Balaban J connectivity index is 1.28. The maximum absolute atomic E-state index is 15.3. The van der Waals surface area contributed by atoms with Gasteiger partial charge in [0.2, 0.25) is 5.91 Å². The van der Waals surface area contributed by atoms with E-state index in [9.17, 15) is 23.1 Å². The predicted octanol–water partition coefficient (Wildman–Crippen LogP) is 4.36. The molecule has 16 heteroatoms. The number of aliphatic hydroxyl groups excluding tert-OH is 1. The summed E-state index contributed by atoms with van der Waals surface area (Å²) in [6.45, 7) is 0. The Kier molecular flexibility index (Phi) is 7.01. The number of aliphatic hydroxyl groups is 1. The molecular formula is C26H20ClF5N8O2. The van der Waals surface area contributed by atoms with E-state index in [0.717, 1.165) is 6.20 Å². The van der Waals surface area contributed by atoms with Gasteiger partial charge >= 0.3 is 6.18 Å². The molecule has 5 heterocycles. The number of carbonyl (C=O) groups excluding carboxylic acids is 1. The number of H-pyrrole nitrogens is 1. The van der Waals surface area contributed by atoms with Gasteiger partial charge in [0, 0.05) is 35.9 Å². The molecule has 4 aromatic rings. The second-order valence-corrected chi connectivity index (χ2v) is 10.3. The van der Waals surface area contributed by atoms with Crippen LogP contribution in [0, 0.1) is 11.6 Å². The number of pyridine rings is 1. The number of amides is 1. The molecule has 1 aromatic carbocycles. The molecule has 0 saturated carbocycles. The first kappa shape index (κ1) is 27.9. The average molecular weight is 607 g/mol. The number of aromatic amines is 1. The minimum atomic E-state index is -4.92. The van der Waals surface area contributed by atoms with E-state index in [0.29, 0.717) is 36.3 Å². The SMILES string of the molecule is O=C1C=C(c2c(-n3cnnn3)ccc(Cl)c2F)C[C@H]2CC[C@@H](c3ncc(-c4ccnc(CC(O)C(F)(F)F)c4F)[nH]3)N12. The molecule has 2 aliphatic heterocycles. The van der Waals surface area contributed by atoms with Crippen molar-refractivity contribution in [3.05, 3.63) is 76.7 Å². The van der Waals surface area contributed by atoms with Gasteiger partial charge in [0.15, 0.2) is 17.7 Å². The van der Waals surface area contributed by atoms with Gasteiger partial charge in [-0.1, -0.05) is 11.6 Å². The zero-order valence-corrected chi connectivity index (χ0v) is 22.1. The number of hydrogen-bond acceptors (Lipinski definition) is 7. The molecule has 0 spiro atoms. The molecule has 0 radical (unpaired) electrons. The molecule has 0 bridgehead atoms. The Bertz CT molecular complexity index is 1690. The van der Waals surface area contributed by atoms with E-state index in [1.54, 1.807) is 11.0 Å². The number of fused-ring (bicyclic) bond motifs is 1. The standard InChI is InChI=1S/C26H20ClF5N8O2/c27-15-2-4-18(39-11-35-37-38-39)22(24(15)29)12-7-13-1-3-19(40(13)21(42)8-12)25-34-10-17(36-25)14-5-6-33-16(23(14)28)9-20(41)26(30,31)32/h2,4-6,8,10-11,13,19-20,41H,1,3,7,9H2,(H,34,36)/t13-,19+,20?/m1/s1. The molecule has 1 saturated heterocycles. The topological polar surface area (TPSA) is 126 Å². The fraction of sp³-hybridized carbons (Fsp3) is 0.308. The lowest BCUT2D eigenvalue weighted by molar-refractivity contribution is -0.203. The van der Waals surface area contributed by atoms with Crippen LogP contribution in [0.4, 0.5) is 22.0 Å². The Morgan fingerprint density at radius 2 is 1.95 bits per heavy atom. The van der Waals surface area contributed by atoms with Crippen molar-refractivity contribution in [3.8, 4) is 16.9 Å². The lowest BCUT2D eigenvalue weighted by atomic mass is 9.92. The van der Waals surface area contributed by atoms with Crippen LogP contribution >= 0.6 is 11.6 Å². The number of alkyl halides is 3. The number of halogens is 6. The number of aromatic nitrogens is 7. The van der Waals surface area contributed by atoms with Gasteiger partial charge in [0.05, 0.1) is 34.3 Å². The first-order valence-electron chi connectivity index (χ1n) is 12.7. The molecule has 10 nitrogen and oxygen atoms in total. The quantitative estimate of drug-likeness (QED) is 0.312. The number of imidazole rings is 1. The number of nitrogens with one attached hydrogen (secondary N) is 1. The molecule has 2 N–H and O–H groups in total. The lowest BCUT2D eigenvalue weighted by Gasteiger charge is -2.33. The summed E-state index contributed by atoms with van der Waals surface area (Å²) < 4.78 is 70.1. The Morgan fingerprint density at radius 3 is 2.69 bits per heavy atom. The van der Waals surface area contributed by atoms with Gasteiger partial charge in [-0.05, 0) is 53.5 Å². The van der Waals surface area contributed by atoms with Crippen LogP contribution < -0.4 is 0 Å². The van der Waals surface area contributed by atoms with E-state index >= 15 is 8.78 Å². The summed E-state index contributed by atoms with van der Waals surface area (Å²) in [5, 5.41) is 20.3.